The number of carbonyl (C=O) groups is 1. The van der Waals surface area contributed by atoms with Gasteiger partial charge in [-0.1, -0.05) is 12.1 Å². The van der Waals surface area contributed by atoms with E-state index in [0.29, 0.717) is 5.56 Å². The molecule has 22 heavy (non-hydrogen) atoms. The van der Waals surface area contributed by atoms with Crippen LogP contribution >= 0.6 is 0 Å². The second kappa shape index (κ2) is 7.00. The van der Waals surface area contributed by atoms with Crippen molar-refractivity contribution < 1.29 is 27.8 Å². The van der Waals surface area contributed by atoms with Gasteiger partial charge < -0.3 is 14.7 Å². The van der Waals surface area contributed by atoms with E-state index in [1.165, 1.54) is 17.0 Å². The van der Waals surface area contributed by atoms with Crippen molar-refractivity contribution in [2.24, 2.45) is 0 Å². The first-order valence-corrected chi connectivity index (χ1v) is 6.78. The minimum atomic E-state index is -4.44. The molecule has 0 saturated heterocycles. The van der Waals surface area contributed by atoms with E-state index in [4.69, 9.17) is 9.84 Å². The normalized spacial score (nSPS) is 12.1. The summed E-state index contributed by atoms with van der Waals surface area (Å²) in [6, 6.07) is 4.72. The summed E-state index contributed by atoms with van der Waals surface area (Å²) in [5.74, 6) is 0. The van der Waals surface area contributed by atoms with Gasteiger partial charge in [-0.15, -0.1) is 0 Å². The van der Waals surface area contributed by atoms with Crippen LogP contribution in [0.15, 0.2) is 24.3 Å². The van der Waals surface area contributed by atoms with Crippen molar-refractivity contribution in [3.63, 3.8) is 0 Å². The Bertz CT molecular complexity index is 509. The van der Waals surface area contributed by atoms with E-state index in [0.717, 1.165) is 12.1 Å². The molecule has 0 saturated carbocycles. The first kappa shape index (κ1) is 18.3. The minimum absolute atomic E-state index is 0.0227. The second-order valence-corrected chi connectivity index (χ2v) is 5.82. The Labute approximate surface area is 127 Å². The number of amides is 1. The van der Waals surface area contributed by atoms with E-state index in [1.54, 1.807) is 20.8 Å². The number of benzene rings is 1. The molecule has 0 aliphatic carbocycles. The first-order valence-electron chi connectivity index (χ1n) is 6.78. The van der Waals surface area contributed by atoms with Crippen LogP contribution in [-0.2, 0) is 17.5 Å². The number of alkyl halides is 3. The summed E-state index contributed by atoms with van der Waals surface area (Å²) >= 11 is 0. The predicted molar refractivity (Wildman–Crippen MR) is 75.2 cm³/mol. The van der Waals surface area contributed by atoms with Crippen LogP contribution in [0.5, 0.6) is 0 Å². The van der Waals surface area contributed by atoms with Crippen molar-refractivity contribution >= 4 is 6.09 Å². The van der Waals surface area contributed by atoms with Crippen LogP contribution in [0, 0.1) is 0 Å². The van der Waals surface area contributed by atoms with Crippen LogP contribution in [0.4, 0.5) is 18.0 Å². The first-order chi connectivity index (χ1) is 10.0. The summed E-state index contributed by atoms with van der Waals surface area (Å²) in [6.45, 7) is 4.66. The monoisotopic (exact) mass is 319 g/mol. The highest BCUT2D eigenvalue weighted by Gasteiger charge is 2.30. The highest BCUT2D eigenvalue weighted by Crippen LogP contribution is 2.29. The molecule has 124 valence electrons. The van der Waals surface area contributed by atoms with Crippen molar-refractivity contribution in [2.75, 3.05) is 13.2 Å². The fourth-order valence-corrected chi connectivity index (χ4v) is 1.75. The topological polar surface area (TPSA) is 49.8 Å². The molecule has 0 unspecified atom stereocenters. The summed E-state index contributed by atoms with van der Waals surface area (Å²) in [5.41, 5.74) is -1.19. The van der Waals surface area contributed by atoms with Crippen LogP contribution in [0.1, 0.15) is 31.9 Å². The van der Waals surface area contributed by atoms with Crippen LogP contribution in [0.3, 0.4) is 0 Å². The van der Waals surface area contributed by atoms with Gasteiger partial charge in [0.05, 0.1) is 12.2 Å². The number of aliphatic hydroxyl groups excluding tert-OH is 1. The fraction of sp³-hybridized carbons (Fsp3) is 0.533. The molecule has 7 heteroatoms. The fourth-order valence-electron chi connectivity index (χ4n) is 1.75. The van der Waals surface area contributed by atoms with Gasteiger partial charge in [-0.05, 0) is 38.5 Å². The molecular weight excluding hydrogens is 299 g/mol. The number of rotatable bonds is 4. The molecule has 0 aromatic heterocycles. The average Bonchev–Trinajstić information content (AvgIpc) is 2.35. The van der Waals surface area contributed by atoms with Crippen molar-refractivity contribution in [1.82, 2.24) is 4.90 Å². The zero-order valence-corrected chi connectivity index (χ0v) is 12.8. The Morgan fingerprint density at radius 2 is 1.91 bits per heavy atom. The lowest BCUT2D eigenvalue weighted by molar-refractivity contribution is -0.137. The van der Waals surface area contributed by atoms with Gasteiger partial charge in [0.15, 0.2) is 0 Å². The third kappa shape index (κ3) is 5.93. The maximum Gasteiger partial charge on any atom is 0.416 e. The maximum atomic E-state index is 12.7. The quantitative estimate of drug-likeness (QED) is 0.925. The molecule has 1 aromatic carbocycles. The molecule has 1 rings (SSSR count). The number of ether oxygens (including phenoxy) is 1. The summed E-state index contributed by atoms with van der Waals surface area (Å²) in [4.78, 5) is 13.2. The molecule has 0 aliphatic heterocycles. The summed E-state index contributed by atoms with van der Waals surface area (Å²) < 4.78 is 43.2. The summed E-state index contributed by atoms with van der Waals surface area (Å²) in [5, 5.41) is 9.02. The predicted octanol–water partition coefficient (Wildman–Crippen LogP) is 3.43. The standard InChI is InChI=1S/C15H20F3NO3/c1-14(2,3)22-13(21)19(7-8-20)10-11-5-4-6-12(9-11)15(16,17)18/h4-6,9,20H,7-8,10H2,1-3H3. The molecule has 0 fully saturated rings. The zero-order chi connectivity index (χ0) is 17.0. The maximum absolute atomic E-state index is 12.7. The molecule has 0 spiro atoms. The number of aliphatic hydroxyl groups is 1. The van der Waals surface area contributed by atoms with Crippen molar-refractivity contribution in [3.8, 4) is 0 Å². The SMILES string of the molecule is CC(C)(C)OC(=O)N(CCO)Cc1cccc(C(F)(F)F)c1. The largest absolute Gasteiger partial charge is 0.444 e. The molecule has 0 heterocycles. The minimum Gasteiger partial charge on any atom is -0.444 e. The van der Waals surface area contributed by atoms with Gasteiger partial charge >= 0.3 is 12.3 Å². The molecule has 1 amide bonds. The van der Waals surface area contributed by atoms with E-state index in [2.05, 4.69) is 0 Å². The lowest BCUT2D eigenvalue weighted by Crippen LogP contribution is -2.38. The van der Waals surface area contributed by atoms with E-state index in [9.17, 15) is 18.0 Å². The molecule has 0 atom stereocenters. The van der Waals surface area contributed by atoms with Gasteiger partial charge in [-0.2, -0.15) is 13.2 Å². The highest BCUT2D eigenvalue weighted by molar-refractivity contribution is 5.68. The van der Waals surface area contributed by atoms with Crippen LogP contribution in [0.2, 0.25) is 0 Å². The van der Waals surface area contributed by atoms with Gasteiger partial charge in [0, 0.05) is 13.1 Å². The number of hydrogen-bond donors (Lipinski definition) is 1. The average molecular weight is 319 g/mol. The lowest BCUT2D eigenvalue weighted by atomic mass is 10.1. The summed E-state index contributed by atoms with van der Waals surface area (Å²) in [6.07, 6.45) is -5.12. The Hall–Kier alpha value is -1.76. The van der Waals surface area contributed by atoms with E-state index < -0.39 is 23.4 Å². The summed E-state index contributed by atoms with van der Waals surface area (Å²) in [7, 11) is 0. The van der Waals surface area contributed by atoms with E-state index >= 15 is 0 Å². The molecular formula is C15H20F3NO3. The molecule has 0 radical (unpaired) electrons. The van der Waals surface area contributed by atoms with E-state index in [-0.39, 0.29) is 19.7 Å². The Morgan fingerprint density at radius 1 is 1.27 bits per heavy atom. The van der Waals surface area contributed by atoms with Crippen molar-refractivity contribution in [1.29, 1.82) is 0 Å². The highest BCUT2D eigenvalue weighted by atomic mass is 19.4. The smallest absolute Gasteiger partial charge is 0.416 e. The number of nitrogens with zero attached hydrogens (tertiary/aromatic N) is 1. The number of hydrogen-bond acceptors (Lipinski definition) is 3. The molecule has 1 aromatic rings. The Balaban J connectivity index is 2.89. The number of carbonyl (C=O) groups excluding carboxylic acids is 1. The number of halogens is 3. The van der Waals surface area contributed by atoms with Crippen LogP contribution in [0.25, 0.3) is 0 Å². The molecule has 0 bridgehead atoms. The van der Waals surface area contributed by atoms with Gasteiger partial charge in [-0.25, -0.2) is 4.79 Å². The molecule has 4 nitrogen and oxygen atoms in total. The van der Waals surface area contributed by atoms with Crippen LogP contribution in [-0.4, -0.2) is 34.9 Å². The Kier molecular flexibility index (Phi) is 5.82. The van der Waals surface area contributed by atoms with E-state index in [1.807, 2.05) is 0 Å². The zero-order valence-electron chi connectivity index (χ0n) is 12.8. The van der Waals surface area contributed by atoms with Crippen molar-refractivity contribution in [3.05, 3.63) is 35.4 Å². The Morgan fingerprint density at radius 3 is 2.41 bits per heavy atom. The third-order valence-corrected chi connectivity index (χ3v) is 2.65. The van der Waals surface area contributed by atoms with Crippen molar-refractivity contribution in [2.45, 2.75) is 39.1 Å². The third-order valence-electron chi connectivity index (χ3n) is 2.65. The molecule has 0 aliphatic rings. The van der Waals surface area contributed by atoms with Gasteiger partial charge in [0.2, 0.25) is 0 Å². The second-order valence-electron chi connectivity index (χ2n) is 5.82. The van der Waals surface area contributed by atoms with Gasteiger partial charge in [-0.3, -0.25) is 0 Å². The van der Waals surface area contributed by atoms with Gasteiger partial charge in [0.1, 0.15) is 5.60 Å². The van der Waals surface area contributed by atoms with Gasteiger partial charge in [0.25, 0.3) is 0 Å². The van der Waals surface area contributed by atoms with Crippen LogP contribution < -0.4 is 0 Å². The lowest BCUT2D eigenvalue weighted by Gasteiger charge is -2.27. The molecule has 1 N–H and O–H groups in total.